The molecule has 0 bridgehead atoms. The third-order valence-electron chi connectivity index (χ3n) is 5.00. The first-order chi connectivity index (χ1) is 13.3. The highest BCUT2D eigenvalue weighted by molar-refractivity contribution is 5.73. The Labute approximate surface area is 158 Å². The lowest BCUT2D eigenvalue weighted by Gasteiger charge is -2.33. The molecule has 1 atom stereocenters. The number of hydrogen-bond acceptors (Lipinski definition) is 4. The van der Waals surface area contributed by atoms with Crippen molar-refractivity contribution in [2.75, 3.05) is 19.6 Å². The Morgan fingerprint density at radius 1 is 1.15 bits per heavy atom. The number of piperidine rings is 1. The van der Waals surface area contributed by atoms with Crippen LogP contribution in [0.2, 0.25) is 0 Å². The first-order valence-corrected chi connectivity index (χ1v) is 9.51. The lowest BCUT2D eigenvalue weighted by molar-refractivity contribution is 0.143. The van der Waals surface area contributed by atoms with Crippen molar-refractivity contribution in [1.29, 1.82) is 0 Å². The Morgan fingerprint density at radius 3 is 2.81 bits per heavy atom. The summed E-state index contributed by atoms with van der Waals surface area (Å²) in [4.78, 5) is 19.2. The number of hydrogen-bond donors (Lipinski definition) is 2. The molecule has 1 fully saturated rings. The zero-order chi connectivity index (χ0) is 18.5. The minimum absolute atomic E-state index is 0.0706. The topological polar surface area (TPSA) is 74.8 Å². The van der Waals surface area contributed by atoms with Crippen LogP contribution in [0.1, 0.15) is 36.8 Å². The molecule has 0 aliphatic carbocycles. The average molecular weight is 367 g/mol. The van der Waals surface area contributed by atoms with Gasteiger partial charge in [-0.05, 0) is 50.2 Å². The summed E-state index contributed by atoms with van der Waals surface area (Å²) in [5.41, 5.74) is 1.70. The molecule has 7 nitrogen and oxygen atoms in total. The number of rotatable bonds is 6. The first kappa shape index (κ1) is 17.6. The normalized spacial score (nSPS) is 16.3. The first-order valence-electron chi connectivity index (χ1n) is 9.51. The summed E-state index contributed by atoms with van der Waals surface area (Å²) in [7, 11) is 0. The van der Waals surface area contributed by atoms with Gasteiger partial charge in [-0.25, -0.2) is 9.78 Å². The van der Waals surface area contributed by atoms with Crippen molar-refractivity contribution in [1.82, 2.24) is 24.9 Å². The summed E-state index contributed by atoms with van der Waals surface area (Å²) < 4.78 is 7.56. The lowest BCUT2D eigenvalue weighted by atomic mass is 10.1. The molecule has 4 heterocycles. The van der Waals surface area contributed by atoms with Gasteiger partial charge in [-0.15, -0.1) is 0 Å². The van der Waals surface area contributed by atoms with E-state index in [-0.39, 0.29) is 12.1 Å². The van der Waals surface area contributed by atoms with E-state index in [1.165, 1.54) is 19.3 Å². The van der Waals surface area contributed by atoms with Crippen LogP contribution < -0.4 is 10.6 Å². The van der Waals surface area contributed by atoms with Gasteiger partial charge in [0.05, 0.1) is 24.5 Å². The van der Waals surface area contributed by atoms with E-state index in [0.717, 1.165) is 30.2 Å². The zero-order valence-electron chi connectivity index (χ0n) is 15.3. The molecule has 1 aliphatic rings. The van der Waals surface area contributed by atoms with Crippen molar-refractivity contribution in [2.24, 2.45) is 0 Å². The molecule has 7 heteroatoms. The Morgan fingerprint density at radius 2 is 2.04 bits per heavy atom. The fourth-order valence-corrected chi connectivity index (χ4v) is 3.62. The van der Waals surface area contributed by atoms with Crippen LogP contribution in [0.5, 0.6) is 0 Å². The third kappa shape index (κ3) is 4.31. The molecule has 2 amide bonds. The molecule has 27 heavy (non-hydrogen) atoms. The van der Waals surface area contributed by atoms with E-state index in [4.69, 9.17) is 4.42 Å². The number of likely N-dealkylation sites (tertiary alicyclic amines) is 1. The van der Waals surface area contributed by atoms with Crippen molar-refractivity contribution >= 4 is 11.7 Å². The van der Waals surface area contributed by atoms with E-state index in [0.29, 0.717) is 13.1 Å². The van der Waals surface area contributed by atoms with Gasteiger partial charge in [0, 0.05) is 18.9 Å². The highest BCUT2D eigenvalue weighted by Gasteiger charge is 2.24. The molecule has 0 aromatic carbocycles. The number of aromatic nitrogens is 2. The lowest BCUT2D eigenvalue weighted by Crippen LogP contribution is -2.43. The summed E-state index contributed by atoms with van der Waals surface area (Å²) in [6.45, 7) is 2.99. The largest absolute Gasteiger partial charge is 0.468 e. The van der Waals surface area contributed by atoms with Crippen LogP contribution in [0.25, 0.3) is 5.65 Å². The summed E-state index contributed by atoms with van der Waals surface area (Å²) >= 11 is 0. The van der Waals surface area contributed by atoms with E-state index in [1.54, 1.807) is 6.26 Å². The molecule has 3 aromatic heterocycles. The smallest absolute Gasteiger partial charge is 0.315 e. The van der Waals surface area contributed by atoms with E-state index in [1.807, 2.05) is 47.1 Å². The van der Waals surface area contributed by atoms with Crippen LogP contribution in [-0.4, -0.2) is 39.9 Å². The summed E-state index contributed by atoms with van der Waals surface area (Å²) in [6, 6.07) is 9.60. The molecule has 4 rings (SSSR count). The number of urea groups is 1. The molecule has 0 unspecified atom stereocenters. The molecule has 0 spiro atoms. The second-order valence-electron chi connectivity index (χ2n) is 6.89. The van der Waals surface area contributed by atoms with Gasteiger partial charge in [-0.3, -0.25) is 4.90 Å². The summed E-state index contributed by atoms with van der Waals surface area (Å²) in [5, 5.41) is 5.87. The van der Waals surface area contributed by atoms with Crippen molar-refractivity contribution < 1.29 is 9.21 Å². The van der Waals surface area contributed by atoms with Crippen LogP contribution in [0.3, 0.4) is 0 Å². The number of nitrogens with zero attached hydrogens (tertiary/aromatic N) is 3. The summed E-state index contributed by atoms with van der Waals surface area (Å²) in [5.74, 6) is 0.901. The molecule has 3 aromatic rings. The Kier molecular flexibility index (Phi) is 5.39. The fourth-order valence-electron chi connectivity index (χ4n) is 3.62. The Hall–Kier alpha value is -2.80. The zero-order valence-corrected chi connectivity index (χ0v) is 15.3. The van der Waals surface area contributed by atoms with Crippen LogP contribution in [0.4, 0.5) is 4.79 Å². The van der Waals surface area contributed by atoms with Gasteiger partial charge in [0.15, 0.2) is 0 Å². The molecular formula is C20H25N5O2. The van der Waals surface area contributed by atoms with Crippen LogP contribution in [-0.2, 0) is 6.54 Å². The standard InChI is InChI=1S/C20H25N5O2/c26-20(21-13-16-15-25-11-5-2-8-19(25)23-16)22-14-17(18-7-6-12-27-18)24-9-3-1-4-10-24/h2,5-8,11-12,15,17H,1,3-4,9-10,13-14H2,(H2,21,22,26)/t17-/m0/s1. The van der Waals surface area contributed by atoms with E-state index in [9.17, 15) is 4.79 Å². The molecule has 2 N–H and O–H groups in total. The number of amides is 2. The molecule has 0 saturated carbocycles. The van der Waals surface area contributed by atoms with E-state index < -0.39 is 0 Å². The third-order valence-corrected chi connectivity index (χ3v) is 5.00. The van der Waals surface area contributed by atoms with Gasteiger partial charge in [0.2, 0.25) is 0 Å². The van der Waals surface area contributed by atoms with Crippen molar-refractivity contribution in [3.8, 4) is 0 Å². The predicted molar refractivity (Wildman–Crippen MR) is 102 cm³/mol. The van der Waals surface area contributed by atoms with Crippen molar-refractivity contribution in [2.45, 2.75) is 31.8 Å². The number of pyridine rings is 1. The predicted octanol–water partition coefficient (Wildman–Crippen LogP) is 2.95. The van der Waals surface area contributed by atoms with Crippen LogP contribution in [0.15, 0.2) is 53.4 Å². The minimum atomic E-state index is -0.194. The molecule has 1 saturated heterocycles. The number of furan rings is 1. The maximum atomic E-state index is 12.3. The molecule has 1 aliphatic heterocycles. The fraction of sp³-hybridized carbons (Fsp3) is 0.400. The molecule has 142 valence electrons. The van der Waals surface area contributed by atoms with Gasteiger partial charge >= 0.3 is 6.03 Å². The quantitative estimate of drug-likeness (QED) is 0.702. The van der Waals surface area contributed by atoms with Gasteiger partial charge in [-0.2, -0.15) is 0 Å². The van der Waals surface area contributed by atoms with Gasteiger partial charge in [0.25, 0.3) is 0 Å². The van der Waals surface area contributed by atoms with Gasteiger partial charge in [-0.1, -0.05) is 12.5 Å². The van der Waals surface area contributed by atoms with Crippen LogP contribution in [0, 0.1) is 0 Å². The highest BCUT2D eigenvalue weighted by Crippen LogP contribution is 2.24. The summed E-state index contributed by atoms with van der Waals surface area (Å²) in [6.07, 6.45) is 9.21. The second kappa shape index (κ2) is 8.26. The van der Waals surface area contributed by atoms with Crippen molar-refractivity contribution in [3.63, 3.8) is 0 Å². The van der Waals surface area contributed by atoms with E-state index in [2.05, 4.69) is 20.5 Å². The number of nitrogens with one attached hydrogen (secondary N) is 2. The van der Waals surface area contributed by atoms with Crippen molar-refractivity contribution in [3.05, 3.63) is 60.4 Å². The second-order valence-corrected chi connectivity index (χ2v) is 6.89. The van der Waals surface area contributed by atoms with Crippen LogP contribution >= 0.6 is 0 Å². The Balaban J connectivity index is 1.32. The monoisotopic (exact) mass is 367 g/mol. The highest BCUT2D eigenvalue weighted by atomic mass is 16.3. The Bertz CT molecular complexity index is 835. The maximum Gasteiger partial charge on any atom is 0.315 e. The number of fused-ring (bicyclic) bond motifs is 1. The number of imidazole rings is 1. The maximum absolute atomic E-state index is 12.3. The van der Waals surface area contributed by atoms with Gasteiger partial charge in [0.1, 0.15) is 11.4 Å². The molecule has 0 radical (unpaired) electrons. The van der Waals surface area contributed by atoms with Gasteiger partial charge < -0.3 is 19.5 Å². The number of carbonyl (C=O) groups excluding carboxylic acids is 1. The SMILES string of the molecule is O=C(NCc1cn2ccccc2n1)NC[C@@H](c1ccco1)N1CCCCC1. The minimum Gasteiger partial charge on any atom is -0.468 e. The number of carbonyl (C=O) groups is 1. The average Bonchev–Trinajstić information content (AvgIpc) is 3.37. The van der Waals surface area contributed by atoms with E-state index >= 15 is 0 Å². The molecular weight excluding hydrogens is 342 g/mol.